The summed E-state index contributed by atoms with van der Waals surface area (Å²) in [5, 5.41) is 0. The summed E-state index contributed by atoms with van der Waals surface area (Å²) in [5.41, 5.74) is 16.8. The molecule has 0 atom stereocenters. The Balaban J connectivity index is 1.93. The van der Waals surface area contributed by atoms with Crippen molar-refractivity contribution >= 4 is 29.3 Å². The van der Waals surface area contributed by atoms with Gasteiger partial charge in [0.15, 0.2) is 5.78 Å². The zero-order chi connectivity index (χ0) is 16.9. The van der Waals surface area contributed by atoms with E-state index in [1.54, 1.807) is 0 Å². The van der Waals surface area contributed by atoms with Crippen molar-refractivity contribution in [2.75, 3.05) is 11.5 Å². The van der Waals surface area contributed by atoms with Crippen LogP contribution in [0.5, 0.6) is 0 Å². The summed E-state index contributed by atoms with van der Waals surface area (Å²) in [7, 11) is 0. The Bertz CT molecular complexity index is 751. The van der Waals surface area contributed by atoms with Crippen LogP contribution in [0.4, 0.5) is 11.4 Å². The number of nitrogen functional groups attached to an aromatic ring is 2. The Labute approximate surface area is 142 Å². The highest BCUT2D eigenvalue weighted by atomic mass is 16.1. The Hall–Kier alpha value is -2.81. The molecule has 3 heteroatoms. The molecule has 0 saturated heterocycles. The normalized spacial score (nSPS) is 18.8. The minimum atomic E-state index is 0.136. The Morgan fingerprint density at radius 3 is 1.62 bits per heavy atom. The average Bonchev–Trinajstić information content (AvgIpc) is 2.71. The van der Waals surface area contributed by atoms with Crippen molar-refractivity contribution in [2.45, 2.75) is 25.7 Å². The second kappa shape index (κ2) is 7.18. The lowest BCUT2D eigenvalue weighted by molar-refractivity contribution is -0.112. The smallest absolute Gasteiger partial charge is 0.185 e. The summed E-state index contributed by atoms with van der Waals surface area (Å²) >= 11 is 0. The van der Waals surface area contributed by atoms with Gasteiger partial charge in [0, 0.05) is 22.5 Å². The molecule has 0 unspecified atom stereocenters. The largest absolute Gasteiger partial charge is 0.399 e. The van der Waals surface area contributed by atoms with Gasteiger partial charge in [0.25, 0.3) is 0 Å². The molecule has 0 spiro atoms. The SMILES string of the molecule is Nc1cccc(/C=C2/CCCC/C(=C\c3cccc(N)c3)C2=O)c1. The molecule has 122 valence electrons. The zero-order valence-corrected chi connectivity index (χ0v) is 13.7. The van der Waals surface area contributed by atoms with Gasteiger partial charge in [0.05, 0.1) is 0 Å². The first kappa shape index (κ1) is 16.1. The van der Waals surface area contributed by atoms with Gasteiger partial charge in [-0.05, 0) is 73.2 Å². The molecule has 1 fully saturated rings. The molecule has 1 aliphatic carbocycles. The first-order valence-corrected chi connectivity index (χ1v) is 8.29. The fourth-order valence-electron chi connectivity index (χ4n) is 3.04. The average molecular weight is 318 g/mol. The molecule has 0 radical (unpaired) electrons. The first-order valence-electron chi connectivity index (χ1n) is 8.29. The minimum absolute atomic E-state index is 0.136. The van der Waals surface area contributed by atoms with Crippen LogP contribution in [0.15, 0.2) is 59.7 Å². The molecule has 2 aromatic carbocycles. The van der Waals surface area contributed by atoms with Gasteiger partial charge in [-0.25, -0.2) is 0 Å². The highest BCUT2D eigenvalue weighted by Crippen LogP contribution is 2.27. The lowest BCUT2D eigenvalue weighted by Gasteiger charge is -2.06. The van der Waals surface area contributed by atoms with E-state index in [1.165, 1.54) is 0 Å². The van der Waals surface area contributed by atoms with Gasteiger partial charge in [0.2, 0.25) is 0 Å². The van der Waals surface area contributed by atoms with Crippen LogP contribution in [-0.2, 0) is 4.79 Å². The summed E-state index contributed by atoms with van der Waals surface area (Å²) in [6.07, 6.45) is 7.60. The number of benzene rings is 2. The predicted octanol–water partition coefficient (Wildman–Crippen LogP) is 4.46. The molecule has 1 saturated carbocycles. The van der Waals surface area contributed by atoms with Crippen LogP contribution in [0.2, 0.25) is 0 Å². The van der Waals surface area contributed by atoms with E-state index in [4.69, 9.17) is 11.5 Å². The number of hydrogen-bond donors (Lipinski definition) is 2. The lowest BCUT2D eigenvalue weighted by atomic mass is 9.98. The van der Waals surface area contributed by atoms with Gasteiger partial charge in [-0.3, -0.25) is 4.79 Å². The number of allylic oxidation sites excluding steroid dienone is 2. The Morgan fingerprint density at radius 2 is 1.21 bits per heavy atom. The number of carbonyl (C=O) groups excluding carboxylic acids is 1. The summed E-state index contributed by atoms with van der Waals surface area (Å²) < 4.78 is 0. The van der Waals surface area contributed by atoms with Crippen molar-refractivity contribution in [2.24, 2.45) is 0 Å². The third-order valence-electron chi connectivity index (χ3n) is 4.23. The monoisotopic (exact) mass is 318 g/mol. The second-order valence-electron chi connectivity index (χ2n) is 6.22. The maximum Gasteiger partial charge on any atom is 0.185 e. The van der Waals surface area contributed by atoms with Crippen molar-refractivity contribution in [1.82, 2.24) is 0 Å². The number of anilines is 2. The number of rotatable bonds is 2. The van der Waals surface area contributed by atoms with E-state index in [-0.39, 0.29) is 5.78 Å². The van der Waals surface area contributed by atoms with Crippen molar-refractivity contribution in [1.29, 1.82) is 0 Å². The van der Waals surface area contributed by atoms with Crippen LogP contribution in [0, 0.1) is 0 Å². The standard InChI is InChI=1S/C21H22N2O/c22-19-9-3-5-15(13-19)11-17-7-1-2-8-18(21(17)24)12-16-6-4-10-20(23)14-16/h3-6,9-14H,1-2,7-8,22-23H2/b17-11-,18-12+. The molecule has 0 bridgehead atoms. The maximum absolute atomic E-state index is 12.9. The van der Waals surface area contributed by atoms with Gasteiger partial charge in [0.1, 0.15) is 0 Å². The first-order chi connectivity index (χ1) is 11.6. The van der Waals surface area contributed by atoms with Crippen LogP contribution in [0.1, 0.15) is 36.8 Å². The fourth-order valence-corrected chi connectivity index (χ4v) is 3.04. The molecule has 2 aromatic rings. The number of carbonyl (C=O) groups is 1. The Morgan fingerprint density at radius 1 is 0.750 bits per heavy atom. The van der Waals surface area contributed by atoms with Crippen molar-refractivity contribution in [3.05, 3.63) is 70.8 Å². The van der Waals surface area contributed by atoms with E-state index in [0.717, 1.165) is 48.0 Å². The highest BCUT2D eigenvalue weighted by Gasteiger charge is 2.18. The van der Waals surface area contributed by atoms with E-state index in [1.807, 2.05) is 60.7 Å². The topological polar surface area (TPSA) is 69.1 Å². The minimum Gasteiger partial charge on any atom is -0.399 e. The van der Waals surface area contributed by atoms with Gasteiger partial charge in [-0.1, -0.05) is 24.3 Å². The zero-order valence-electron chi connectivity index (χ0n) is 13.7. The summed E-state index contributed by atoms with van der Waals surface area (Å²) in [6, 6.07) is 15.3. The van der Waals surface area contributed by atoms with Crippen molar-refractivity contribution in [3.63, 3.8) is 0 Å². The van der Waals surface area contributed by atoms with Crippen molar-refractivity contribution < 1.29 is 4.79 Å². The van der Waals surface area contributed by atoms with Gasteiger partial charge in [-0.2, -0.15) is 0 Å². The number of nitrogens with two attached hydrogens (primary N) is 2. The molecule has 0 aliphatic heterocycles. The van der Waals surface area contributed by atoms with Gasteiger partial charge < -0.3 is 11.5 Å². The van der Waals surface area contributed by atoms with E-state index >= 15 is 0 Å². The van der Waals surface area contributed by atoms with Crippen LogP contribution in [0.3, 0.4) is 0 Å². The quantitative estimate of drug-likeness (QED) is 0.488. The number of hydrogen-bond acceptors (Lipinski definition) is 3. The van der Waals surface area contributed by atoms with E-state index in [2.05, 4.69) is 0 Å². The molecule has 0 heterocycles. The fraction of sp³-hybridized carbons (Fsp3) is 0.190. The van der Waals surface area contributed by atoms with Crippen LogP contribution in [0.25, 0.3) is 12.2 Å². The van der Waals surface area contributed by atoms with E-state index in [9.17, 15) is 4.79 Å². The molecule has 4 N–H and O–H groups in total. The molecule has 24 heavy (non-hydrogen) atoms. The summed E-state index contributed by atoms with van der Waals surface area (Å²) in [4.78, 5) is 12.9. The molecular weight excluding hydrogens is 296 g/mol. The summed E-state index contributed by atoms with van der Waals surface area (Å²) in [6.45, 7) is 0. The van der Waals surface area contributed by atoms with Crippen molar-refractivity contribution in [3.8, 4) is 0 Å². The van der Waals surface area contributed by atoms with Gasteiger partial charge in [-0.15, -0.1) is 0 Å². The van der Waals surface area contributed by atoms with Crippen LogP contribution in [-0.4, -0.2) is 5.78 Å². The Kier molecular flexibility index (Phi) is 4.80. The molecule has 1 aliphatic rings. The van der Waals surface area contributed by atoms with Crippen LogP contribution >= 0.6 is 0 Å². The second-order valence-corrected chi connectivity index (χ2v) is 6.22. The molecular formula is C21H22N2O. The number of Topliss-reactive ketones (excluding diaryl/α,β-unsaturated/α-hetero) is 1. The predicted molar refractivity (Wildman–Crippen MR) is 101 cm³/mol. The number of ketones is 1. The van der Waals surface area contributed by atoms with Gasteiger partial charge >= 0.3 is 0 Å². The molecule has 0 aromatic heterocycles. The lowest BCUT2D eigenvalue weighted by Crippen LogP contribution is -2.04. The van der Waals surface area contributed by atoms with E-state index in [0.29, 0.717) is 11.4 Å². The molecule has 0 amide bonds. The summed E-state index contributed by atoms with van der Waals surface area (Å²) in [5.74, 6) is 0.136. The highest BCUT2D eigenvalue weighted by molar-refractivity contribution is 6.13. The van der Waals surface area contributed by atoms with E-state index < -0.39 is 0 Å². The van der Waals surface area contributed by atoms with Crippen LogP contribution < -0.4 is 11.5 Å². The third kappa shape index (κ3) is 3.93. The molecule has 3 rings (SSSR count). The molecule has 3 nitrogen and oxygen atoms in total. The third-order valence-corrected chi connectivity index (χ3v) is 4.23. The maximum atomic E-state index is 12.9.